The minimum absolute atomic E-state index is 0.0812. The molecule has 392 valence electrons. The molecule has 0 aliphatic heterocycles. The number of alkyl halides is 6. The largest absolute Gasteiger partial charge is 0.469 e. The molecule has 0 fully saturated rings. The molecule has 0 unspecified atom stereocenters. The van der Waals surface area contributed by atoms with Crippen LogP contribution >= 0.6 is 0 Å². The third kappa shape index (κ3) is 17.7. The summed E-state index contributed by atoms with van der Waals surface area (Å²) in [5.41, 5.74) is 3.44. The van der Waals surface area contributed by atoms with E-state index in [0.717, 1.165) is 48.2 Å². The van der Waals surface area contributed by atoms with Gasteiger partial charge >= 0.3 is 24.3 Å². The van der Waals surface area contributed by atoms with Gasteiger partial charge < -0.3 is 30.7 Å². The van der Waals surface area contributed by atoms with E-state index in [2.05, 4.69) is 78.4 Å². The average molecular weight is 1030 g/mol. The molecule has 4 N–H and O–H groups in total. The number of amides is 2. The molecule has 0 saturated carbocycles. The van der Waals surface area contributed by atoms with Crippen LogP contribution in [-0.4, -0.2) is 71.0 Å². The monoisotopic (exact) mass is 1030 g/mol. The van der Waals surface area contributed by atoms with Gasteiger partial charge in [-0.3, -0.25) is 29.1 Å². The van der Waals surface area contributed by atoms with E-state index in [1.54, 1.807) is 48.8 Å². The van der Waals surface area contributed by atoms with Gasteiger partial charge in [0.1, 0.15) is 11.6 Å². The van der Waals surface area contributed by atoms with E-state index in [0.29, 0.717) is 57.1 Å². The molecule has 2 aromatic carbocycles. The fourth-order valence-corrected chi connectivity index (χ4v) is 7.27. The summed E-state index contributed by atoms with van der Waals surface area (Å²) in [4.78, 5) is 64.5. The zero-order chi connectivity index (χ0) is 54.0. The standard InChI is InChI=1S/2C27H29F3N4O3/c2*1-17(2)14-23(34-24-11-7-20(16-33-24)26(36)31-13-12-25(35)37-3)19-6-10-22(32-15-19)18-4-8-21(9-5-18)27(28,29)30/h2*4-11,15-17,23H,12-14H2,1-3H3,(H,31,36)(H,33,34)/t2*23-/m10/s1. The van der Waals surface area contributed by atoms with Crippen LogP contribution in [-0.2, 0) is 31.4 Å². The van der Waals surface area contributed by atoms with Crippen LogP contribution in [0.2, 0.25) is 0 Å². The first kappa shape index (κ1) is 57.0. The summed E-state index contributed by atoms with van der Waals surface area (Å²) in [5.74, 6) is 0.354. The number of rotatable bonds is 20. The van der Waals surface area contributed by atoms with E-state index in [1.807, 2.05) is 12.1 Å². The normalized spacial score (nSPS) is 12.2. The highest BCUT2D eigenvalue weighted by molar-refractivity contribution is 5.94. The number of benzene rings is 2. The first-order valence-corrected chi connectivity index (χ1v) is 23.6. The minimum Gasteiger partial charge on any atom is -0.469 e. The van der Waals surface area contributed by atoms with Crippen molar-refractivity contribution in [1.29, 1.82) is 0 Å². The highest BCUT2D eigenvalue weighted by atomic mass is 19.4. The molecule has 74 heavy (non-hydrogen) atoms. The average Bonchev–Trinajstić information content (AvgIpc) is 3.38. The molecule has 6 rings (SSSR count). The number of halogens is 6. The van der Waals surface area contributed by atoms with E-state index >= 15 is 0 Å². The number of esters is 2. The maximum absolute atomic E-state index is 12.8. The summed E-state index contributed by atoms with van der Waals surface area (Å²) in [5, 5.41) is 12.0. The van der Waals surface area contributed by atoms with E-state index < -0.39 is 35.4 Å². The van der Waals surface area contributed by atoms with Gasteiger partial charge in [0.2, 0.25) is 0 Å². The molecule has 0 aliphatic carbocycles. The Kier molecular flexibility index (Phi) is 20.6. The van der Waals surface area contributed by atoms with E-state index in [9.17, 15) is 45.5 Å². The first-order valence-electron chi connectivity index (χ1n) is 23.6. The van der Waals surface area contributed by atoms with Crippen molar-refractivity contribution >= 4 is 35.4 Å². The summed E-state index contributed by atoms with van der Waals surface area (Å²) in [6.07, 6.45) is -0.736. The number of ether oxygens (including phenoxy) is 2. The van der Waals surface area contributed by atoms with Gasteiger partial charge in [0.25, 0.3) is 11.8 Å². The lowest BCUT2D eigenvalue weighted by Crippen LogP contribution is -2.26. The number of pyridine rings is 4. The Hall–Kier alpha value is -7.90. The molecule has 4 heterocycles. The van der Waals surface area contributed by atoms with Crippen LogP contribution < -0.4 is 21.3 Å². The molecule has 2 atom stereocenters. The Morgan fingerprint density at radius 3 is 1.12 bits per heavy atom. The number of anilines is 2. The number of carbonyl (C=O) groups excluding carboxylic acids is 4. The smallest absolute Gasteiger partial charge is 0.416 e. The molecule has 2 amide bonds. The van der Waals surface area contributed by atoms with E-state index in [1.165, 1.54) is 50.9 Å². The SMILES string of the molecule is COC(=O)CCNC(=O)c1ccc(N[C@@H](CC(C)C)c2ccc(-c3ccc(C(F)(F)F)cc3)nc2)nc1.COC(=O)CCNC(=O)c1ccc(N[C@H](CC(C)C)c2ccc(-c3ccc(C(F)(F)F)cc3)nc2)nc1. The minimum atomic E-state index is -4.38. The summed E-state index contributed by atoms with van der Waals surface area (Å²) < 4.78 is 86.1. The van der Waals surface area contributed by atoms with Crippen LogP contribution in [0.15, 0.2) is 122 Å². The Morgan fingerprint density at radius 2 is 0.851 bits per heavy atom. The Morgan fingerprint density at radius 1 is 0.486 bits per heavy atom. The van der Waals surface area contributed by atoms with Gasteiger partial charge in [-0.05, 0) is 96.5 Å². The van der Waals surface area contributed by atoms with Gasteiger partial charge in [-0.1, -0.05) is 64.1 Å². The maximum Gasteiger partial charge on any atom is 0.416 e. The molecule has 14 nitrogen and oxygen atoms in total. The number of nitrogens with zero attached hydrogens (tertiary/aromatic N) is 4. The molecule has 20 heteroatoms. The lowest BCUT2D eigenvalue weighted by molar-refractivity contribution is -0.141. The fraction of sp³-hybridized carbons (Fsp3) is 0.333. The van der Waals surface area contributed by atoms with Crippen LogP contribution in [0.25, 0.3) is 22.5 Å². The Balaban J connectivity index is 0.000000274. The van der Waals surface area contributed by atoms with Crippen molar-refractivity contribution in [1.82, 2.24) is 30.6 Å². The maximum atomic E-state index is 12.8. The number of aromatic nitrogens is 4. The van der Waals surface area contributed by atoms with Crippen molar-refractivity contribution < 1.29 is 55.0 Å². The molecule has 0 radical (unpaired) electrons. The molecule has 0 bridgehead atoms. The zero-order valence-electron chi connectivity index (χ0n) is 41.6. The van der Waals surface area contributed by atoms with Crippen LogP contribution in [0.4, 0.5) is 38.0 Å². The molecule has 0 spiro atoms. The number of nitrogens with one attached hydrogen (secondary N) is 4. The highest BCUT2D eigenvalue weighted by Crippen LogP contribution is 2.33. The van der Waals surface area contributed by atoms with Crippen LogP contribution in [0.1, 0.15) is 108 Å². The van der Waals surface area contributed by atoms with Gasteiger partial charge in [0.05, 0.1) is 72.8 Å². The zero-order valence-corrected chi connectivity index (χ0v) is 41.6. The molecule has 6 aromatic rings. The molecular weight excluding hydrogens is 971 g/mol. The molecule has 4 aromatic heterocycles. The second-order valence-corrected chi connectivity index (χ2v) is 17.8. The predicted molar refractivity (Wildman–Crippen MR) is 267 cm³/mol. The van der Waals surface area contributed by atoms with Crippen LogP contribution in [0.5, 0.6) is 0 Å². The van der Waals surface area contributed by atoms with E-state index in [4.69, 9.17) is 0 Å². The molecular formula is C54H58F6N8O6. The topological polar surface area (TPSA) is 186 Å². The summed E-state index contributed by atoms with van der Waals surface area (Å²) in [6, 6.07) is 23.6. The van der Waals surface area contributed by atoms with Crippen molar-refractivity contribution in [3.05, 3.63) is 155 Å². The van der Waals surface area contributed by atoms with Crippen molar-refractivity contribution in [2.24, 2.45) is 11.8 Å². The lowest BCUT2D eigenvalue weighted by atomic mass is 9.97. The third-order valence-electron chi connectivity index (χ3n) is 11.2. The van der Waals surface area contributed by atoms with Crippen molar-refractivity contribution in [2.45, 2.75) is 77.8 Å². The second-order valence-electron chi connectivity index (χ2n) is 17.8. The van der Waals surface area contributed by atoms with Gasteiger partial charge in [0.15, 0.2) is 0 Å². The second kappa shape index (κ2) is 26.7. The van der Waals surface area contributed by atoms with Gasteiger partial charge in [-0.2, -0.15) is 26.3 Å². The fourth-order valence-electron chi connectivity index (χ4n) is 7.27. The quantitative estimate of drug-likeness (QED) is 0.0419. The first-order chi connectivity index (χ1) is 35.1. The van der Waals surface area contributed by atoms with Crippen molar-refractivity contribution in [3.63, 3.8) is 0 Å². The van der Waals surface area contributed by atoms with Crippen LogP contribution in [0, 0.1) is 11.8 Å². The predicted octanol–water partition coefficient (Wildman–Crippen LogP) is 11.3. The number of methoxy groups -OCH3 is 2. The summed E-state index contributed by atoms with van der Waals surface area (Å²) in [6.45, 7) is 8.69. The molecule has 0 aliphatic rings. The number of hydrogen-bond acceptors (Lipinski definition) is 12. The van der Waals surface area contributed by atoms with Gasteiger partial charge in [0, 0.05) is 49.0 Å². The number of carbonyl (C=O) groups is 4. The van der Waals surface area contributed by atoms with Crippen molar-refractivity contribution in [3.8, 4) is 22.5 Å². The van der Waals surface area contributed by atoms with Gasteiger partial charge in [-0.15, -0.1) is 0 Å². The van der Waals surface area contributed by atoms with E-state index in [-0.39, 0.29) is 49.8 Å². The van der Waals surface area contributed by atoms with Gasteiger partial charge in [-0.25, -0.2) is 9.97 Å². The number of hydrogen-bond donors (Lipinski definition) is 4. The summed E-state index contributed by atoms with van der Waals surface area (Å²) in [7, 11) is 2.58. The molecule has 0 saturated heterocycles. The van der Waals surface area contributed by atoms with Crippen molar-refractivity contribution in [2.75, 3.05) is 37.9 Å². The summed E-state index contributed by atoms with van der Waals surface area (Å²) >= 11 is 0. The third-order valence-corrected chi connectivity index (χ3v) is 11.2. The Labute approximate surface area is 425 Å². The lowest BCUT2D eigenvalue weighted by Gasteiger charge is -2.22. The Bertz CT molecular complexity index is 2550. The highest BCUT2D eigenvalue weighted by Gasteiger charge is 2.31. The van der Waals surface area contributed by atoms with Crippen LogP contribution in [0.3, 0.4) is 0 Å².